The average Bonchev–Trinajstić information content (AvgIpc) is 2.97. The number of likely N-dealkylation sites (tertiary alicyclic amines) is 1. The van der Waals surface area contributed by atoms with Gasteiger partial charge in [0.05, 0.1) is 6.61 Å². The maximum absolute atomic E-state index is 10.8. The van der Waals surface area contributed by atoms with Crippen molar-refractivity contribution in [1.82, 2.24) is 4.90 Å². The van der Waals surface area contributed by atoms with E-state index in [1.54, 1.807) is 18.0 Å². The number of carbonyl (C=O) groups is 3. The number of unbranched alkanes of at least 4 members (excludes halogenated alkanes) is 2. The molecule has 0 radical (unpaired) electrons. The molecule has 0 bridgehead atoms. The quantitative estimate of drug-likeness (QED) is 0.429. The molecule has 1 N–H and O–H groups in total. The van der Waals surface area contributed by atoms with Crippen molar-refractivity contribution < 1.29 is 24.2 Å². The third-order valence-electron chi connectivity index (χ3n) is 3.02. The van der Waals surface area contributed by atoms with E-state index in [4.69, 9.17) is 9.84 Å². The molecule has 25 heavy (non-hydrogen) atoms. The fourth-order valence-corrected chi connectivity index (χ4v) is 1.50. The molecule has 0 spiro atoms. The molecular formula is C19H31NO5. The highest BCUT2D eigenvalue weighted by atomic mass is 16.5. The molecule has 0 aromatic heterocycles. The maximum atomic E-state index is 10.8. The second kappa shape index (κ2) is 15.2. The van der Waals surface area contributed by atoms with Crippen LogP contribution in [-0.2, 0) is 19.1 Å². The van der Waals surface area contributed by atoms with Crippen LogP contribution in [0.3, 0.4) is 0 Å². The third-order valence-corrected chi connectivity index (χ3v) is 3.02. The largest absolute Gasteiger partial charge is 0.478 e. The van der Waals surface area contributed by atoms with Crippen LogP contribution in [0.5, 0.6) is 0 Å². The Morgan fingerprint density at radius 3 is 2.08 bits per heavy atom. The van der Waals surface area contributed by atoms with E-state index in [9.17, 15) is 14.4 Å². The molecule has 0 atom stereocenters. The van der Waals surface area contributed by atoms with Gasteiger partial charge in [-0.05, 0) is 32.9 Å². The third kappa shape index (κ3) is 14.9. The molecule has 1 heterocycles. The molecule has 1 amide bonds. The Morgan fingerprint density at radius 2 is 1.80 bits per heavy atom. The summed E-state index contributed by atoms with van der Waals surface area (Å²) < 4.78 is 4.87. The summed E-state index contributed by atoms with van der Waals surface area (Å²) in [6.45, 7) is 16.7. The minimum absolute atomic E-state index is 0.176. The Hall–Kier alpha value is -2.37. The summed E-state index contributed by atoms with van der Waals surface area (Å²) >= 11 is 0. The van der Waals surface area contributed by atoms with Gasteiger partial charge in [0.1, 0.15) is 0 Å². The number of carbonyl (C=O) groups excluding carboxylic acids is 2. The van der Waals surface area contributed by atoms with E-state index >= 15 is 0 Å². The van der Waals surface area contributed by atoms with Crippen LogP contribution >= 0.6 is 0 Å². The molecule has 1 aliphatic heterocycles. The van der Waals surface area contributed by atoms with E-state index in [2.05, 4.69) is 26.7 Å². The molecule has 1 aliphatic rings. The van der Waals surface area contributed by atoms with Gasteiger partial charge in [-0.1, -0.05) is 39.5 Å². The Morgan fingerprint density at radius 1 is 1.24 bits per heavy atom. The first-order valence-electron chi connectivity index (χ1n) is 8.30. The number of amides is 1. The smallest absolute Gasteiger partial charge is 0.333 e. The Labute approximate surface area is 150 Å². The van der Waals surface area contributed by atoms with Gasteiger partial charge in [0, 0.05) is 24.1 Å². The van der Waals surface area contributed by atoms with Crippen molar-refractivity contribution in [2.45, 2.75) is 52.9 Å². The fraction of sp³-hybridized carbons (Fsp3) is 0.526. The lowest BCUT2D eigenvalue weighted by Crippen LogP contribution is -2.16. The van der Waals surface area contributed by atoms with Crippen molar-refractivity contribution in [3.8, 4) is 0 Å². The van der Waals surface area contributed by atoms with Gasteiger partial charge < -0.3 is 14.7 Å². The molecule has 0 aromatic carbocycles. The normalized spacial score (nSPS) is 12.1. The Kier molecular flexibility index (Phi) is 15.1. The van der Waals surface area contributed by atoms with Gasteiger partial charge in [-0.2, -0.15) is 0 Å². The summed E-state index contributed by atoms with van der Waals surface area (Å²) in [4.78, 5) is 32.7. The van der Waals surface area contributed by atoms with Crippen LogP contribution in [0.25, 0.3) is 0 Å². The average molecular weight is 353 g/mol. The number of rotatable bonds is 7. The summed E-state index contributed by atoms with van der Waals surface area (Å²) in [5.41, 5.74) is 0.650. The second-order valence-corrected chi connectivity index (χ2v) is 5.58. The lowest BCUT2D eigenvalue weighted by Gasteiger charge is -2.05. The van der Waals surface area contributed by atoms with Crippen molar-refractivity contribution in [2.75, 3.05) is 13.2 Å². The lowest BCUT2D eigenvalue weighted by atomic mass is 10.3. The number of hydrogen-bond acceptors (Lipinski definition) is 4. The number of esters is 1. The monoisotopic (exact) mass is 353 g/mol. The molecule has 0 unspecified atom stereocenters. The molecule has 1 saturated heterocycles. The van der Waals surface area contributed by atoms with Crippen molar-refractivity contribution in [1.29, 1.82) is 0 Å². The van der Waals surface area contributed by atoms with Crippen LogP contribution in [0.1, 0.15) is 52.9 Å². The zero-order valence-electron chi connectivity index (χ0n) is 15.7. The highest BCUT2D eigenvalue weighted by Gasteiger charge is 2.16. The number of nitrogens with zero attached hydrogens (tertiary/aromatic N) is 1. The van der Waals surface area contributed by atoms with Gasteiger partial charge >= 0.3 is 11.9 Å². The van der Waals surface area contributed by atoms with Crippen LogP contribution in [0.4, 0.5) is 0 Å². The van der Waals surface area contributed by atoms with Gasteiger partial charge in [0.25, 0.3) is 0 Å². The molecule has 6 heteroatoms. The Bertz CT molecular complexity index is 470. The predicted octanol–water partition coefficient (Wildman–Crippen LogP) is 3.70. The second-order valence-electron chi connectivity index (χ2n) is 5.58. The zero-order chi connectivity index (χ0) is 19.8. The predicted molar refractivity (Wildman–Crippen MR) is 98.9 cm³/mol. The molecule has 0 aliphatic carbocycles. The van der Waals surface area contributed by atoms with Crippen LogP contribution in [0, 0.1) is 0 Å². The number of ether oxygens (including phenoxy) is 1. The van der Waals surface area contributed by atoms with Crippen molar-refractivity contribution in [3.63, 3.8) is 0 Å². The first-order valence-corrected chi connectivity index (χ1v) is 8.30. The van der Waals surface area contributed by atoms with Gasteiger partial charge in [-0.3, -0.25) is 4.79 Å². The summed E-state index contributed by atoms with van der Waals surface area (Å²) in [6.07, 6.45) is 6.50. The molecular weight excluding hydrogens is 322 g/mol. The number of carboxylic acids is 1. The maximum Gasteiger partial charge on any atom is 0.333 e. The minimum atomic E-state index is -0.935. The van der Waals surface area contributed by atoms with Gasteiger partial charge in [-0.25, -0.2) is 9.59 Å². The summed E-state index contributed by atoms with van der Waals surface area (Å²) in [5, 5.41) is 7.89. The first kappa shape index (κ1) is 24.9. The molecule has 0 aromatic rings. The fourth-order valence-electron chi connectivity index (χ4n) is 1.50. The van der Waals surface area contributed by atoms with Gasteiger partial charge in [0.15, 0.2) is 0 Å². The number of carboxylic acid groups (broad SMARTS) is 1. The van der Waals surface area contributed by atoms with Crippen molar-refractivity contribution in [3.05, 3.63) is 37.1 Å². The van der Waals surface area contributed by atoms with E-state index in [1.807, 2.05) is 0 Å². The van der Waals surface area contributed by atoms with E-state index in [-0.39, 0.29) is 17.4 Å². The van der Waals surface area contributed by atoms with E-state index in [0.29, 0.717) is 18.6 Å². The lowest BCUT2D eigenvalue weighted by molar-refractivity contribution is -0.139. The Balaban J connectivity index is 0. The van der Waals surface area contributed by atoms with Crippen LogP contribution in [-0.4, -0.2) is 41.0 Å². The SMILES string of the molecule is C=C(C)C(=O)O.C=C(C)C(=O)OCCCCC.C=CN1CCCC1=O. The number of hydrogen-bond donors (Lipinski definition) is 1. The minimum Gasteiger partial charge on any atom is -0.478 e. The molecule has 142 valence electrons. The highest BCUT2D eigenvalue weighted by molar-refractivity contribution is 5.86. The summed E-state index contributed by atoms with van der Waals surface area (Å²) in [7, 11) is 0. The van der Waals surface area contributed by atoms with E-state index in [0.717, 1.165) is 32.2 Å². The van der Waals surface area contributed by atoms with E-state index < -0.39 is 5.97 Å². The first-order chi connectivity index (χ1) is 11.7. The highest BCUT2D eigenvalue weighted by Crippen LogP contribution is 2.08. The molecule has 0 saturated carbocycles. The van der Waals surface area contributed by atoms with Crippen molar-refractivity contribution >= 4 is 17.8 Å². The van der Waals surface area contributed by atoms with Crippen LogP contribution < -0.4 is 0 Å². The molecule has 1 fully saturated rings. The topological polar surface area (TPSA) is 83.9 Å². The molecule has 6 nitrogen and oxygen atoms in total. The van der Waals surface area contributed by atoms with Crippen LogP contribution in [0.15, 0.2) is 37.1 Å². The van der Waals surface area contributed by atoms with Gasteiger partial charge in [0.2, 0.25) is 5.91 Å². The number of aliphatic carboxylic acids is 1. The van der Waals surface area contributed by atoms with Crippen molar-refractivity contribution in [2.24, 2.45) is 0 Å². The molecule has 1 rings (SSSR count). The summed E-state index contributed by atoms with van der Waals surface area (Å²) in [6, 6.07) is 0. The summed E-state index contributed by atoms with van der Waals surface area (Å²) in [5.74, 6) is -1.00. The van der Waals surface area contributed by atoms with Gasteiger partial charge in [-0.15, -0.1) is 0 Å². The standard InChI is InChI=1S/C9H16O2.C6H9NO.C4H6O2/c1-4-5-6-7-11-9(10)8(2)3;1-2-7-5-3-4-6(7)8;1-3(2)4(5)6/h2,4-7H2,1,3H3;2H,1,3-5H2;1H2,2H3,(H,5,6). The van der Waals surface area contributed by atoms with Crippen LogP contribution in [0.2, 0.25) is 0 Å². The van der Waals surface area contributed by atoms with E-state index in [1.165, 1.54) is 6.92 Å². The zero-order valence-corrected chi connectivity index (χ0v) is 15.7.